The maximum absolute atomic E-state index is 12.6. The van der Waals surface area contributed by atoms with Crippen molar-refractivity contribution in [2.24, 2.45) is 5.16 Å². The van der Waals surface area contributed by atoms with Crippen molar-refractivity contribution >= 4 is 33.3 Å². The zero-order valence-corrected chi connectivity index (χ0v) is 17.1. The van der Waals surface area contributed by atoms with Crippen LogP contribution in [-0.4, -0.2) is 28.1 Å². The summed E-state index contributed by atoms with van der Waals surface area (Å²) in [6, 6.07) is 21.7. The fourth-order valence-corrected chi connectivity index (χ4v) is 3.93. The van der Waals surface area contributed by atoms with Gasteiger partial charge in [-0.2, -0.15) is 0 Å². The van der Waals surface area contributed by atoms with E-state index in [2.05, 4.69) is 20.6 Å². The molecule has 0 fully saturated rings. The number of carbonyl (C=O) groups is 1. The van der Waals surface area contributed by atoms with Gasteiger partial charge in [-0.15, -0.1) is 0 Å². The molecule has 0 bridgehead atoms. The number of carbonyl (C=O) groups excluding carboxylic acids is 1. The first-order chi connectivity index (χ1) is 15.3. The molecule has 0 saturated carbocycles. The second-order valence-corrected chi connectivity index (χ2v) is 7.27. The van der Waals surface area contributed by atoms with Crippen LogP contribution in [-0.2, 0) is 20.8 Å². The fourth-order valence-electron chi connectivity index (χ4n) is 3.93. The SMILES string of the molecule is CCOC(=O)C(Cc1ccccc1)O/N=c1\c2nccc3cccc(c32)n2cccc12. The van der Waals surface area contributed by atoms with Crippen LogP contribution in [0.3, 0.4) is 0 Å². The quantitative estimate of drug-likeness (QED) is 0.312. The first-order valence-corrected chi connectivity index (χ1v) is 10.3. The smallest absolute Gasteiger partial charge is 0.350 e. The highest BCUT2D eigenvalue weighted by Crippen LogP contribution is 2.24. The van der Waals surface area contributed by atoms with Crippen molar-refractivity contribution < 1.29 is 14.4 Å². The van der Waals surface area contributed by atoms with E-state index in [1.54, 1.807) is 13.1 Å². The van der Waals surface area contributed by atoms with Gasteiger partial charge in [0.25, 0.3) is 0 Å². The Morgan fingerprint density at radius 3 is 2.71 bits per heavy atom. The van der Waals surface area contributed by atoms with Crippen LogP contribution in [0.25, 0.3) is 27.3 Å². The first-order valence-electron chi connectivity index (χ1n) is 10.3. The Balaban J connectivity index is 1.64. The summed E-state index contributed by atoms with van der Waals surface area (Å²) in [5, 5.41) is 7.12. The lowest BCUT2D eigenvalue weighted by atomic mass is 10.1. The normalized spacial score (nSPS) is 13.1. The van der Waals surface area contributed by atoms with Gasteiger partial charge in [0.1, 0.15) is 5.52 Å². The fraction of sp³-hybridized carbons (Fsp3) is 0.160. The molecule has 3 aromatic heterocycles. The lowest BCUT2D eigenvalue weighted by Crippen LogP contribution is -2.28. The molecule has 6 nitrogen and oxygen atoms in total. The summed E-state index contributed by atoms with van der Waals surface area (Å²) in [6.45, 7) is 2.06. The van der Waals surface area contributed by atoms with Crippen LogP contribution < -0.4 is 5.36 Å². The minimum atomic E-state index is -0.852. The molecule has 3 heterocycles. The Kier molecular flexibility index (Phi) is 4.96. The van der Waals surface area contributed by atoms with Crippen LogP contribution in [0.4, 0.5) is 0 Å². The number of pyridine rings is 2. The summed E-state index contributed by atoms with van der Waals surface area (Å²) in [5.41, 5.74) is 3.62. The summed E-state index contributed by atoms with van der Waals surface area (Å²) in [7, 11) is 0. The van der Waals surface area contributed by atoms with E-state index in [0.29, 0.717) is 11.8 Å². The Labute approximate surface area is 178 Å². The molecule has 1 atom stereocenters. The molecule has 0 spiro atoms. The number of nitrogens with zero attached hydrogens (tertiary/aromatic N) is 3. The van der Waals surface area contributed by atoms with Crippen LogP contribution in [0, 0.1) is 0 Å². The van der Waals surface area contributed by atoms with Crippen molar-refractivity contribution in [3.63, 3.8) is 0 Å². The van der Waals surface area contributed by atoms with Crippen molar-refractivity contribution in [3.8, 4) is 0 Å². The van der Waals surface area contributed by atoms with E-state index < -0.39 is 12.1 Å². The van der Waals surface area contributed by atoms with Gasteiger partial charge in [0.2, 0.25) is 6.10 Å². The number of hydrogen-bond acceptors (Lipinski definition) is 5. The summed E-state index contributed by atoms with van der Waals surface area (Å²) in [4.78, 5) is 23.0. The number of aromatic nitrogens is 2. The Morgan fingerprint density at radius 2 is 1.87 bits per heavy atom. The molecule has 0 saturated heterocycles. The number of esters is 1. The number of rotatable bonds is 6. The van der Waals surface area contributed by atoms with Gasteiger partial charge in [0, 0.05) is 24.2 Å². The van der Waals surface area contributed by atoms with Gasteiger partial charge in [-0.3, -0.25) is 4.98 Å². The minimum absolute atomic E-state index is 0.279. The third-order valence-corrected chi connectivity index (χ3v) is 5.33. The monoisotopic (exact) mass is 411 g/mol. The average molecular weight is 411 g/mol. The lowest BCUT2D eigenvalue weighted by molar-refractivity contribution is -0.157. The minimum Gasteiger partial charge on any atom is -0.463 e. The Morgan fingerprint density at radius 1 is 1.03 bits per heavy atom. The number of ether oxygens (including phenoxy) is 1. The molecule has 154 valence electrons. The van der Waals surface area contributed by atoms with E-state index >= 15 is 0 Å². The van der Waals surface area contributed by atoms with E-state index in [9.17, 15) is 4.79 Å². The van der Waals surface area contributed by atoms with Crippen LogP contribution in [0.5, 0.6) is 0 Å². The lowest BCUT2D eigenvalue weighted by Gasteiger charge is -2.14. The molecule has 0 radical (unpaired) electrons. The Hall–Kier alpha value is -3.93. The van der Waals surface area contributed by atoms with Crippen LogP contribution >= 0.6 is 0 Å². The zero-order valence-electron chi connectivity index (χ0n) is 17.1. The zero-order chi connectivity index (χ0) is 21.2. The number of hydrogen-bond donors (Lipinski definition) is 0. The van der Waals surface area contributed by atoms with Gasteiger partial charge in [-0.25, -0.2) is 4.79 Å². The van der Waals surface area contributed by atoms with Crippen molar-refractivity contribution in [2.45, 2.75) is 19.4 Å². The predicted molar refractivity (Wildman–Crippen MR) is 119 cm³/mol. The highest BCUT2D eigenvalue weighted by Gasteiger charge is 2.23. The summed E-state index contributed by atoms with van der Waals surface area (Å²) >= 11 is 0. The van der Waals surface area contributed by atoms with E-state index in [4.69, 9.17) is 9.57 Å². The maximum Gasteiger partial charge on any atom is 0.350 e. The second-order valence-electron chi connectivity index (χ2n) is 7.27. The average Bonchev–Trinajstić information content (AvgIpc) is 3.29. The predicted octanol–water partition coefficient (Wildman–Crippen LogP) is 4.09. The molecule has 31 heavy (non-hydrogen) atoms. The van der Waals surface area contributed by atoms with E-state index in [0.717, 1.165) is 32.9 Å². The van der Waals surface area contributed by atoms with Gasteiger partial charge in [-0.1, -0.05) is 47.6 Å². The molecule has 5 rings (SSSR count). The largest absolute Gasteiger partial charge is 0.463 e. The third-order valence-electron chi connectivity index (χ3n) is 5.33. The number of benzene rings is 2. The van der Waals surface area contributed by atoms with Gasteiger partial charge in [-0.05, 0) is 42.1 Å². The standard InChI is InChI=1S/C25H21N3O3/c1-2-30-25(29)21(16-17-8-4-3-5-9-17)31-27-23-20-12-7-15-28(20)19-11-6-10-18-13-14-26-24(23)22(18)19/h3-15,21H,2,16H2,1H3/b27-23-. The molecule has 0 N–H and O–H groups in total. The molecule has 5 aromatic rings. The van der Waals surface area contributed by atoms with Crippen molar-refractivity contribution in [1.82, 2.24) is 9.38 Å². The molecule has 0 aliphatic rings. The van der Waals surface area contributed by atoms with Crippen LogP contribution in [0.2, 0.25) is 0 Å². The summed E-state index contributed by atoms with van der Waals surface area (Å²) in [6.07, 6.45) is 3.27. The second kappa shape index (κ2) is 8.07. The van der Waals surface area contributed by atoms with E-state index in [1.807, 2.05) is 66.9 Å². The highest BCUT2D eigenvalue weighted by molar-refractivity contribution is 6.08. The molecule has 2 aromatic carbocycles. The van der Waals surface area contributed by atoms with E-state index in [-0.39, 0.29) is 6.61 Å². The van der Waals surface area contributed by atoms with Gasteiger partial charge >= 0.3 is 5.97 Å². The third kappa shape index (κ3) is 3.46. The van der Waals surface area contributed by atoms with Gasteiger partial charge in [0.05, 0.1) is 17.6 Å². The molecule has 0 aliphatic carbocycles. The first kappa shape index (κ1) is 19.1. The molecular weight excluding hydrogens is 390 g/mol. The summed E-state index contributed by atoms with van der Waals surface area (Å²) < 4.78 is 7.30. The molecule has 0 aliphatic heterocycles. The van der Waals surface area contributed by atoms with Crippen LogP contribution in [0.1, 0.15) is 12.5 Å². The highest BCUT2D eigenvalue weighted by atomic mass is 16.7. The molecule has 1 unspecified atom stereocenters. The van der Waals surface area contributed by atoms with E-state index in [1.165, 1.54) is 0 Å². The van der Waals surface area contributed by atoms with Crippen molar-refractivity contribution in [1.29, 1.82) is 0 Å². The van der Waals surface area contributed by atoms with Gasteiger partial charge < -0.3 is 14.0 Å². The molecule has 6 heteroatoms. The van der Waals surface area contributed by atoms with Crippen LogP contribution in [0.15, 0.2) is 84.3 Å². The maximum atomic E-state index is 12.6. The number of fused-ring (bicyclic) bond motifs is 2. The summed E-state index contributed by atoms with van der Waals surface area (Å²) in [5.74, 6) is -0.437. The molecular formula is C25H21N3O3. The topological polar surface area (TPSA) is 65.2 Å². The van der Waals surface area contributed by atoms with Crippen molar-refractivity contribution in [3.05, 3.63) is 90.0 Å². The van der Waals surface area contributed by atoms with Gasteiger partial charge in [0.15, 0.2) is 5.36 Å². The Bertz CT molecular complexity index is 1420. The van der Waals surface area contributed by atoms with Crippen molar-refractivity contribution in [2.75, 3.05) is 6.61 Å². The molecule has 0 amide bonds.